The van der Waals surface area contributed by atoms with E-state index in [0.29, 0.717) is 23.7 Å². The van der Waals surface area contributed by atoms with Crippen molar-refractivity contribution in [3.63, 3.8) is 0 Å². The van der Waals surface area contributed by atoms with E-state index < -0.39 is 0 Å². The third-order valence-electron chi connectivity index (χ3n) is 6.10. The lowest BCUT2D eigenvalue weighted by Gasteiger charge is -2.18. The summed E-state index contributed by atoms with van der Waals surface area (Å²) in [6.45, 7) is 4.49. The molecule has 0 saturated carbocycles. The lowest BCUT2D eigenvalue weighted by molar-refractivity contribution is -0.373. The second kappa shape index (κ2) is 8.77. The number of nitrogens with two attached hydrogens (primary N) is 1. The van der Waals surface area contributed by atoms with E-state index in [-0.39, 0.29) is 5.82 Å². The monoisotopic (exact) mass is 416 g/mol. The zero-order chi connectivity index (χ0) is 22.0. The quantitative estimate of drug-likeness (QED) is 0.592. The van der Waals surface area contributed by atoms with Crippen LogP contribution in [0.5, 0.6) is 5.75 Å². The molecule has 31 heavy (non-hydrogen) atoms. The molecule has 4 rings (SSSR count). The first-order valence-electron chi connectivity index (χ1n) is 10.7. The number of nitriles is 1. The van der Waals surface area contributed by atoms with Crippen LogP contribution in [0.2, 0.25) is 0 Å². The van der Waals surface area contributed by atoms with Crippen LogP contribution in [0.25, 0.3) is 11.1 Å². The second-order valence-corrected chi connectivity index (χ2v) is 8.25. The Labute approximate surface area is 182 Å². The molecule has 1 aliphatic carbocycles. The van der Waals surface area contributed by atoms with Gasteiger partial charge in [-0.1, -0.05) is 12.5 Å². The number of anilines is 1. The van der Waals surface area contributed by atoms with Crippen molar-refractivity contribution in [2.24, 2.45) is 0 Å². The van der Waals surface area contributed by atoms with E-state index in [4.69, 9.17) is 10.5 Å². The van der Waals surface area contributed by atoms with E-state index in [1.165, 1.54) is 24.1 Å². The molecule has 0 unspecified atom stereocenters. The molecule has 3 aromatic rings. The van der Waals surface area contributed by atoms with E-state index >= 15 is 0 Å². The predicted molar refractivity (Wildman–Crippen MR) is 119 cm³/mol. The highest BCUT2D eigenvalue weighted by Gasteiger charge is 2.25. The number of H-pyrrole nitrogens is 1. The van der Waals surface area contributed by atoms with Crippen molar-refractivity contribution >= 4 is 5.82 Å². The summed E-state index contributed by atoms with van der Waals surface area (Å²) in [4.78, 5) is 3.29. The number of pyridine rings is 1. The van der Waals surface area contributed by atoms with E-state index in [2.05, 4.69) is 37.0 Å². The number of nitrogen functional groups attached to an aromatic ring is 1. The molecule has 3 N–H and O–H groups in total. The molecule has 0 fully saturated rings. The number of hydrogen-bond acceptors (Lipinski definition) is 3. The number of hydrogen-bond donors (Lipinski definition) is 1. The number of rotatable bonds is 4. The van der Waals surface area contributed by atoms with Crippen LogP contribution in [0.3, 0.4) is 0 Å². The first-order valence-corrected chi connectivity index (χ1v) is 10.7. The van der Waals surface area contributed by atoms with Crippen LogP contribution in [0.1, 0.15) is 52.8 Å². The van der Waals surface area contributed by atoms with E-state index in [9.17, 15) is 9.65 Å². The number of nitrogens with zero attached hydrogens (tertiary/aromatic N) is 1. The summed E-state index contributed by atoms with van der Waals surface area (Å²) >= 11 is 0. The molecular weight excluding hydrogens is 389 g/mol. The van der Waals surface area contributed by atoms with Crippen LogP contribution in [0, 0.1) is 31.0 Å². The van der Waals surface area contributed by atoms with Gasteiger partial charge in [0, 0.05) is 17.5 Å². The zero-order valence-corrected chi connectivity index (χ0v) is 18.0. The van der Waals surface area contributed by atoms with E-state index in [1.807, 2.05) is 0 Å². The van der Waals surface area contributed by atoms with Crippen LogP contribution in [-0.4, -0.2) is 0 Å². The van der Waals surface area contributed by atoms with Gasteiger partial charge in [-0.25, -0.2) is 9.37 Å². The maximum atomic E-state index is 13.2. The summed E-state index contributed by atoms with van der Waals surface area (Å²) in [7, 11) is 0. The highest BCUT2D eigenvalue weighted by atomic mass is 19.1. The largest absolute Gasteiger partial charge is 0.489 e. The molecule has 1 aliphatic rings. The number of halogens is 1. The van der Waals surface area contributed by atoms with Gasteiger partial charge in [0.25, 0.3) is 5.82 Å². The Morgan fingerprint density at radius 1 is 1.06 bits per heavy atom. The number of aromatic nitrogens is 1. The number of benzene rings is 2. The summed E-state index contributed by atoms with van der Waals surface area (Å²) in [5, 5.41) is 9.92. The Kier molecular flexibility index (Phi) is 5.90. The van der Waals surface area contributed by atoms with E-state index in [0.717, 1.165) is 59.2 Å². The molecule has 1 heterocycles. The molecule has 1 aromatic heterocycles. The fourth-order valence-electron chi connectivity index (χ4n) is 4.43. The van der Waals surface area contributed by atoms with Crippen LogP contribution in [0.15, 0.2) is 36.4 Å². The van der Waals surface area contributed by atoms with Crippen LogP contribution in [0.4, 0.5) is 10.2 Å². The minimum absolute atomic E-state index is 0.288. The minimum atomic E-state index is -0.288. The minimum Gasteiger partial charge on any atom is -0.489 e. The number of ether oxygens (including phenoxy) is 1. The molecule has 158 valence electrons. The zero-order valence-electron chi connectivity index (χ0n) is 18.0. The molecule has 0 atom stereocenters. The average molecular weight is 417 g/mol. The van der Waals surface area contributed by atoms with Crippen molar-refractivity contribution in [3.8, 4) is 22.9 Å². The third-order valence-corrected chi connectivity index (χ3v) is 6.10. The van der Waals surface area contributed by atoms with Gasteiger partial charge in [-0.2, -0.15) is 5.26 Å². The molecule has 2 aromatic carbocycles. The number of nitrogens with one attached hydrogen (secondary N) is 1. The number of aromatic amines is 1. The summed E-state index contributed by atoms with van der Waals surface area (Å²) < 4.78 is 19.1. The van der Waals surface area contributed by atoms with Gasteiger partial charge in [-0.3, -0.25) is 5.73 Å². The highest BCUT2D eigenvalue weighted by Crippen LogP contribution is 2.37. The molecule has 5 heteroatoms. The smallest absolute Gasteiger partial charge is 0.289 e. The Bertz CT molecular complexity index is 1160. The lowest BCUT2D eigenvalue weighted by atomic mass is 9.87. The molecule has 0 spiro atoms. The summed E-state index contributed by atoms with van der Waals surface area (Å²) in [6, 6.07) is 12.6. The first-order chi connectivity index (χ1) is 15.0. The molecule has 4 nitrogen and oxygen atoms in total. The average Bonchev–Trinajstić information content (AvgIpc) is 2.99. The summed E-state index contributed by atoms with van der Waals surface area (Å²) in [6.07, 6.45) is 5.29. The molecule has 0 aliphatic heterocycles. The Morgan fingerprint density at radius 2 is 1.81 bits per heavy atom. The standard InChI is InChI=1S/C26H26FN3O/c1-16-12-17(2)22(13-18(16)15-31-20-10-8-19(27)9-11-20)25-21-6-4-3-5-7-24(21)30-26(29)23(25)14-28/h8-13H,3-7,15H2,1-2H3,(H2,29,30)/p+1. The second-order valence-electron chi connectivity index (χ2n) is 8.25. The fraction of sp³-hybridized carbons (Fsp3) is 0.308. The number of aryl methyl sites for hydroxylation is 3. The summed E-state index contributed by atoms with van der Waals surface area (Å²) in [5.74, 6) is 0.764. The van der Waals surface area contributed by atoms with E-state index in [1.54, 1.807) is 12.1 Å². The fourth-order valence-corrected chi connectivity index (χ4v) is 4.43. The maximum Gasteiger partial charge on any atom is 0.289 e. The topological polar surface area (TPSA) is 73.2 Å². The molecule has 0 bridgehead atoms. The van der Waals surface area contributed by atoms with Crippen LogP contribution < -0.4 is 15.5 Å². The van der Waals surface area contributed by atoms with Gasteiger partial charge in [0.15, 0.2) is 0 Å². The lowest BCUT2D eigenvalue weighted by Crippen LogP contribution is -2.22. The first kappa shape index (κ1) is 20.9. The SMILES string of the molecule is Cc1cc(C)c(-c2c(C#N)c(N)[nH+]c3c2CCCCC3)cc1COc1ccc(F)cc1. The van der Waals surface area contributed by atoms with Crippen LogP contribution in [-0.2, 0) is 19.4 Å². The van der Waals surface area contributed by atoms with Gasteiger partial charge in [0.1, 0.15) is 35.5 Å². The summed E-state index contributed by atoms with van der Waals surface area (Å²) in [5.41, 5.74) is 14.4. The van der Waals surface area contributed by atoms with Gasteiger partial charge in [0.05, 0.1) is 0 Å². The van der Waals surface area contributed by atoms with Crippen molar-refractivity contribution < 1.29 is 14.1 Å². The Morgan fingerprint density at radius 3 is 2.55 bits per heavy atom. The highest BCUT2D eigenvalue weighted by molar-refractivity contribution is 5.80. The van der Waals surface area contributed by atoms with Crippen molar-refractivity contribution in [1.82, 2.24) is 0 Å². The maximum absolute atomic E-state index is 13.2. The molecule has 0 saturated heterocycles. The van der Waals surface area contributed by atoms with Gasteiger partial charge >= 0.3 is 0 Å². The Balaban J connectivity index is 1.79. The predicted octanol–water partition coefficient (Wildman–Crippen LogP) is 5.23. The van der Waals surface area contributed by atoms with Crippen LogP contribution >= 0.6 is 0 Å². The van der Waals surface area contributed by atoms with Crippen molar-refractivity contribution in [2.45, 2.75) is 52.6 Å². The van der Waals surface area contributed by atoms with Gasteiger partial charge in [0.2, 0.25) is 0 Å². The molecule has 0 amide bonds. The third kappa shape index (κ3) is 4.25. The normalized spacial score (nSPS) is 13.2. The van der Waals surface area contributed by atoms with Crippen molar-refractivity contribution in [3.05, 3.63) is 75.7 Å². The molecule has 0 radical (unpaired) electrons. The van der Waals surface area contributed by atoms with Crippen molar-refractivity contribution in [2.75, 3.05) is 5.73 Å². The van der Waals surface area contributed by atoms with Crippen molar-refractivity contribution in [1.29, 1.82) is 5.26 Å². The van der Waals surface area contributed by atoms with Gasteiger partial charge < -0.3 is 4.74 Å². The van der Waals surface area contributed by atoms with Gasteiger partial charge in [-0.05, 0) is 85.7 Å². The molecular formula is C26H27FN3O+. The number of fused-ring (bicyclic) bond motifs is 1. The van der Waals surface area contributed by atoms with Gasteiger partial charge in [-0.15, -0.1) is 0 Å². The Hall–Kier alpha value is -3.39.